The third-order valence-electron chi connectivity index (χ3n) is 2.48. The largest absolute Gasteiger partial charge is 0.371 e. The minimum atomic E-state index is -0.786. The van der Waals surface area contributed by atoms with E-state index in [9.17, 15) is 9.59 Å². The fourth-order valence-corrected chi connectivity index (χ4v) is 1.78. The van der Waals surface area contributed by atoms with Crippen LogP contribution in [0.15, 0.2) is 24.4 Å². The number of carbonyl (C=O) groups excluding carboxylic acids is 2. The first-order valence-corrected chi connectivity index (χ1v) is 4.03. The zero-order chi connectivity index (χ0) is 9.64. The predicted octanol–water partition coefficient (Wildman–Crippen LogP) is -0.165. The van der Waals surface area contributed by atoms with Gasteiger partial charge in [0.05, 0.1) is 6.42 Å². The van der Waals surface area contributed by atoms with Crippen molar-refractivity contribution in [3.05, 3.63) is 24.4 Å². The van der Waals surface area contributed by atoms with E-state index < -0.39 is 5.54 Å². The lowest BCUT2D eigenvalue weighted by Crippen LogP contribution is -2.45. The molecule has 0 aromatic rings. The SMILES string of the molecule is C=C1CC2(CC(=O)NC2=O)NC1=C. The van der Waals surface area contributed by atoms with Gasteiger partial charge in [-0.15, -0.1) is 0 Å². The average Bonchev–Trinajstić information content (AvgIpc) is 2.40. The van der Waals surface area contributed by atoms with E-state index in [0.717, 1.165) is 5.57 Å². The van der Waals surface area contributed by atoms with Crippen molar-refractivity contribution in [3.63, 3.8) is 0 Å². The minimum absolute atomic E-state index is 0.184. The smallest absolute Gasteiger partial charge is 0.253 e. The van der Waals surface area contributed by atoms with Crippen LogP contribution in [0.3, 0.4) is 0 Å². The summed E-state index contributed by atoms with van der Waals surface area (Å²) in [6, 6.07) is 0. The van der Waals surface area contributed by atoms with Gasteiger partial charge in [-0.25, -0.2) is 0 Å². The molecular weight excluding hydrogens is 168 g/mol. The molecule has 1 spiro atoms. The van der Waals surface area contributed by atoms with E-state index in [-0.39, 0.29) is 18.2 Å². The van der Waals surface area contributed by atoms with Crippen LogP contribution in [-0.4, -0.2) is 17.4 Å². The highest BCUT2D eigenvalue weighted by Gasteiger charge is 2.50. The van der Waals surface area contributed by atoms with E-state index >= 15 is 0 Å². The molecule has 2 heterocycles. The first-order chi connectivity index (χ1) is 6.03. The first-order valence-electron chi connectivity index (χ1n) is 4.03. The molecule has 0 radical (unpaired) electrons. The van der Waals surface area contributed by atoms with Gasteiger partial charge in [0.1, 0.15) is 5.54 Å². The Bertz CT molecular complexity index is 328. The van der Waals surface area contributed by atoms with Crippen LogP contribution in [-0.2, 0) is 9.59 Å². The molecule has 13 heavy (non-hydrogen) atoms. The molecule has 0 saturated carbocycles. The molecule has 0 aromatic carbocycles. The molecule has 2 aliphatic rings. The van der Waals surface area contributed by atoms with Gasteiger partial charge in [0, 0.05) is 12.1 Å². The van der Waals surface area contributed by atoms with Gasteiger partial charge < -0.3 is 5.32 Å². The maximum Gasteiger partial charge on any atom is 0.253 e. The van der Waals surface area contributed by atoms with Crippen LogP contribution in [0.1, 0.15) is 12.8 Å². The van der Waals surface area contributed by atoms with Crippen molar-refractivity contribution in [3.8, 4) is 0 Å². The summed E-state index contributed by atoms with van der Waals surface area (Å²) in [6.45, 7) is 7.47. The summed E-state index contributed by atoms with van der Waals surface area (Å²) < 4.78 is 0. The Labute approximate surface area is 75.7 Å². The van der Waals surface area contributed by atoms with Gasteiger partial charge in [0.15, 0.2) is 0 Å². The second-order valence-electron chi connectivity index (χ2n) is 3.52. The number of imide groups is 1. The lowest BCUT2D eigenvalue weighted by Gasteiger charge is -2.18. The Morgan fingerprint density at radius 1 is 1.23 bits per heavy atom. The van der Waals surface area contributed by atoms with Crippen LogP contribution in [0, 0.1) is 0 Å². The quantitative estimate of drug-likeness (QED) is 0.506. The van der Waals surface area contributed by atoms with Crippen molar-refractivity contribution in [2.75, 3.05) is 0 Å². The van der Waals surface area contributed by atoms with Gasteiger partial charge in [0.2, 0.25) is 5.91 Å². The van der Waals surface area contributed by atoms with E-state index in [0.29, 0.717) is 12.1 Å². The number of nitrogens with one attached hydrogen (secondary N) is 2. The van der Waals surface area contributed by atoms with Gasteiger partial charge in [-0.05, 0) is 5.57 Å². The number of carbonyl (C=O) groups is 2. The lowest BCUT2D eigenvalue weighted by atomic mass is 9.94. The molecule has 2 saturated heterocycles. The standard InChI is InChI=1S/C9H10N2O2/c1-5-3-9(11-6(5)2)4-7(12)10-8(9)13/h11H,1-4H2,(H,10,12,13). The second-order valence-corrected chi connectivity index (χ2v) is 3.52. The molecule has 0 aromatic heterocycles. The molecule has 0 bridgehead atoms. The molecule has 1 unspecified atom stereocenters. The Kier molecular flexibility index (Phi) is 1.37. The van der Waals surface area contributed by atoms with E-state index in [1.165, 1.54) is 0 Å². The van der Waals surface area contributed by atoms with Crippen LogP contribution in [0.5, 0.6) is 0 Å². The Hall–Kier alpha value is -1.58. The topological polar surface area (TPSA) is 58.2 Å². The van der Waals surface area contributed by atoms with Gasteiger partial charge in [-0.2, -0.15) is 0 Å². The number of hydrogen-bond donors (Lipinski definition) is 2. The molecule has 2 N–H and O–H groups in total. The number of allylic oxidation sites excluding steroid dienone is 1. The van der Waals surface area contributed by atoms with Crippen LogP contribution < -0.4 is 10.6 Å². The summed E-state index contributed by atoms with van der Waals surface area (Å²) in [4.78, 5) is 22.4. The summed E-state index contributed by atoms with van der Waals surface area (Å²) in [6.07, 6.45) is 0.660. The third kappa shape index (κ3) is 0.983. The molecule has 2 aliphatic heterocycles. The zero-order valence-electron chi connectivity index (χ0n) is 7.14. The summed E-state index contributed by atoms with van der Waals surface area (Å²) in [7, 11) is 0. The molecule has 4 nitrogen and oxygen atoms in total. The maximum atomic E-state index is 11.4. The molecule has 2 fully saturated rings. The van der Waals surface area contributed by atoms with Crippen molar-refractivity contribution in [2.45, 2.75) is 18.4 Å². The summed E-state index contributed by atoms with van der Waals surface area (Å²) in [5.41, 5.74) is 0.667. The van der Waals surface area contributed by atoms with Crippen LogP contribution in [0.2, 0.25) is 0 Å². The fraction of sp³-hybridized carbons (Fsp3) is 0.333. The average molecular weight is 178 g/mol. The Balaban J connectivity index is 2.34. The zero-order valence-corrected chi connectivity index (χ0v) is 7.14. The maximum absolute atomic E-state index is 11.4. The number of hydrogen-bond acceptors (Lipinski definition) is 3. The van der Waals surface area contributed by atoms with E-state index in [1.807, 2.05) is 0 Å². The molecule has 68 valence electrons. The van der Waals surface area contributed by atoms with E-state index in [2.05, 4.69) is 23.8 Å². The van der Waals surface area contributed by atoms with Crippen molar-refractivity contribution >= 4 is 11.8 Å². The van der Waals surface area contributed by atoms with E-state index in [4.69, 9.17) is 0 Å². The molecule has 4 heteroatoms. The Morgan fingerprint density at radius 3 is 2.31 bits per heavy atom. The molecule has 1 atom stereocenters. The molecule has 2 rings (SSSR count). The molecular formula is C9H10N2O2. The van der Waals surface area contributed by atoms with Crippen molar-refractivity contribution in [1.82, 2.24) is 10.6 Å². The first kappa shape index (κ1) is 8.04. The predicted molar refractivity (Wildman–Crippen MR) is 46.5 cm³/mol. The monoisotopic (exact) mass is 178 g/mol. The van der Waals surface area contributed by atoms with Crippen LogP contribution >= 0.6 is 0 Å². The van der Waals surface area contributed by atoms with Gasteiger partial charge in [-0.1, -0.05) is 13.2 Å². The molecule has 0 aliphatic carbocycles. The number of amides is 2. The second kappa shape index (κ2) is 2.22. The van der Waals surface area contributed by atoms with Crippen molar-refractivity contribution < 1.29 is 9.59 Å². The van der Waals surface area contributed by atoms with Gasteiger partial charge >= 0.3 is 0 Å². The van der Waals surface area contributed by atoms with Gasteiger partial charge in [0.25, 0.3) is 5.91 Å². The lowest BCUT2D eigenvalue weighted by molar-refractivity contribution is -0.126. The van der Waals surface area contributed by atoms with Gasteiger partial charge in [-0.3, -0.25) is 14.9 Å². The summed E-state index contributed by atoms with van der Waals surface area (Å²) in [5, 5.41) is 5.20. The summed E-state index contributed by atoms with van der Waals surface area (Å²) in [5.74, 6) is -0.502. The summed E-state index contributed by atoms with van der Waals surface area (Å²) >= 11 is 0. The highest BCUT2D eigenvalue weighted by Crippen LogP contribution is 2.34. The highest BCUT2D eigenvalue weighted by atomic mass is 16.2. The highest BCUT2D eigenvalue weighted by molar-refractivity contribution is 6.09. The fourth-order valence-electron chi connectivity index (χ4n) is 1.78. The number of rotatable bonds is 0. The van der Waals surface area contributed by atoms with Crippen LogP contribution in [0.25, 0.3) is 0 Å². The normalized spacial score (nSPS) is 32.6. The molecule has 2 amide bonds. The third-order valence-corrected chi connectivity index (χ3v) is 2.48. The van der Waals surface area contributed by atoms with Crippen LogP contribution in [0.4, 0.5) is 0 Å². The Morgan fingerprint density at radius 2 is 1.92 bits per heavy atom. The minimum Gasteiger partial charge on any atom is -0.371 e. The van der Waals surface area contributed by atoms with Crippen molar-refractivity contribution in [1.29, 1.82) is 0 Å². The van der Waals surface area contributed by atoms with E-state index in [1.54, 1.807) is 0 Å². The van der Waals surface area contributed by atoms with Crippen molar-refractivity contribution in [2.24, 2.45) is 0 Å².